The summed E-state index contributed by atoms with van der Waals surface area (Å²) in [7, 11) is 0. The number of rotatable bonds is 3. The van der Waals surface area contributed by atoms with Crippen molar-refractivity contribution in [1.29, 1.82) is 0 Å². The molecule has 0 amide bonds. The molecule has 0 aromatic heterocycles. The van der Waals surface area contributed by atoms with Gasteiger partial charge in [-0.2, -0.15) is 0 Å². The van der Waals surface area contributed by atoms with Crippen molar-refractivity contribution >= 4 is 5.97 Å². The van der Waals surface area contributed by atoms with E-state index in [1.165, 1.54) is 5.56 Å². The number of ether oxygens (including phenoxy) is 2. The zero-order valence-electron chi connectivity index (χ0n) is 13.1. The van der Waals surface area contributed by atoms with E-state index in [1.54, 1.807) is 0 Å². The number of carbonyl (C=O) groups is 1. The van der Waals surface area contributed by atoms with E-state index in [4.69, 9.17) is 9.47 Å². The van der Waals surface area contributed by atoms with Crippen molar-refractivity contribution in [2.75, 3.05) is 0 Å². The Hall–Kier alpha value is -1.51. The van der Waals surface area contributed by atoms with Crippen molar-refractivity contribution in [2.45, 2.75) is 65.1 Å². The second-order valence-corrected chi connectivity index (χ2v) is 7.03. The molecule has 1 aromatic carbocycles. The smallest absolute Gasteiger partial charge is 0.306 e. The van der Waals surface area contributed by atoms with Crippen molar-refractivity contribution < 1.29 is 14.3 Å². The maximum Gasteiger partial charge on any atom is 0.306 e. The van der Waals surface area contributed by atoms with Gasteiger partial charge in [0.2, 0.25) is 0 Å². The second kappa shape index (κ2) is 5.12. The van der Waals surface area contributed by atoms with Crippen molar-refractivity contribution in [3.8, 4) is 5.75 Å². The topological polar surface area (TPSA) is 35.5 Å². The maximum absolute atomic E-state index is 11.8. The van der Waals surface area contributed by atoms with Gasteiger partial charge >= 0.3 is 5.97 Å². The standard InChI is InChI=1S/C17H24O3/c1-16(2,3)19-14(18)10-9-12-7-6-8-13-11-17(4,5)20-15(12)13/h6-8H,9-11H2,1-5H3. The third kappa shape index (κ3) is 3.75. The van der Waals surface area contributed by atoms with E-state index in [9.17, 15) is 4.79 Å². The molecule has 0 N–H and O–H groups in total. The molecule has 3 nitrogen and oxygen atoms in total. The Morgan fingerprint density at radius 2 is 2.05 bits per heavy atom. The molecule has 0 atom stereocenters. The van der Waals surface area contributed by atoms with Crippen molar-refractivity contribution in [3.05, 3.63) is 29.3 Å². The Kier molecular flexibility index (Phi) is 3.81. The third-order valence-electron chi connectivity index (χ3n) is 3.19. The van der Waals surface area contributed by atoms with Crippen LogP contribution in [0, 0.1) is 0 Å². The number of esters is 1. The monoisotopic (exact) mass is 276 g/mol. The highest BCUT2D eigenvalue weighted by Crippen LogP contribution is 2.38. The summed E-state index contributed by atoms with van der Waals surface area (Å²) in [6, 6.07) is 6.17. The summed E-state index contributed by atoms with van der Waals surface area (Å²) in [6.45, 7) is 9.83. The summed E-state index contributed by atoms with van der Waals surface area (Å²) >= 11 is 0. The summed E-state index contributed by atoms with van der Waals surface area (Å²) in [6.07, 6.45) is 1.97. The molecule has 0 saturated carbocycles. The first-order valence-corrected chi connectivity index (χ1v) is 7.18. The first-order valence-electron chi connectivity index (χ1n) is 7.18. The number of carbonyl (C=O) groups excluding carboxylic acids is 1. The highest BCUT2D eigenvalue weighted by atomic mass is 16.6. The summed E-state index contributed by atoms with van der Waals surface area (Å²) in [5, 5.41) is 0. The van der Waals surface area contributed by atoms with E-state index >= 15 is 0 Å². The van der Waals surface area contributed by atoms with E-state index in [0.717, 1.165) is 17.7 Å². The minimum atomic E-state index is -0.422. The lowest BCUT2D eigenvalue weighted by atomic mass is 9.99. The summed E-state index contributed by atoms with van der Waals surface area (Å²) in [5.74, 6) is 0.799. The Bertz CT molecular complexity index is 509. The fourth-order valence-corrected chi connectivity index (χ4v) is 2.51. The molecular formula is C17H24O3. The van der Waals surface area contributed by atoms with Crippen LogP contribution in [-0.2, 0) is 22.4 Å². The molecule has 110 valence electrons. The van der Waals surface area contributed by atoms with Gasteiger partial charge in [-0.05, 0) is 52.2 Å². The molecule has 0 bridgehead atoms. The van der Waals surface area contributed by atoms with E-state index in [1.807, 2.05) is 32.9 Å². The predicted molar refractivity (Wildman–Crippen MR) is 79.0 cm³/mol. The molecule has 0 unspecified atom stereocenters. The van der Waals surface area contributed by atoms with Gasteiger partial charge in [0, 0.05) is 12.8 Å². The summed E-state index contributed by atoms with van der Waals surface area (Å²) < 4.78 is 11.3. The van der Waals surface area contributed by atoms with Crippen LogP contribution in [0.1, 0.15) is 52.2 Å². The van der Waals surface area contributed by atoms with Crippen LogP contribution in [0.15, 0.2) is 18.2 Å². The van der Waals surface area contributed by atoms with Crippen LogP contribution in [-0.4, -0.2) is 17.2 Å². The number of para-hydroxylation sites is 1. The number of fused-ring (bicyclic) bond motifs is 1. The fourth-order valence-electron chi connectivity index (χ4n) is 2.51. The first kappa shape index (κ1) is 14.9. The van der Waals surface area contributed by atoms with Gasteiger partial charge in [-0.15, -0.1) is 0 Å². The molecule has 0 radical (unpaired) electrons. The normalized spacial score (nSPS) is 16.4. The molecule has 3 heteroatoms. The minimum Gasteiger partial charge on any atom is -0.487 e. The largest absolute Gasteiger partial charge is 0.487 e. The van der Waals surface area contributed by atoms with Gasteiger partial charge in [-0.25, -0.2) is 0 Å². The molecule has 2 rings (SSSR count). The van der Waals surface area contributed by atoms with Gasteiger partial charge < -0.3 is 9.47 Å². The molecule has 0 fully saturated rings. The Morgan fingerprint density at radius 1 is 1.35 bits per heavy atom. The lowest BCUT2D eigenvalue weighted by molar-refractivity contribution is -0.154. The van der Waals surface area contributed by atoms with Crippen LogP contribution in [0.25, 0.3) is 0 Å². The lowest BCUT2D eigenvalue weighted by Crippen LogP contribution is -2.25. The Morgan fingerprint density at radius 3 is 2.70 bits per heavy atom. The van der Waals surface area contributed by atoms with Gasteiger partial charge in [-0.3, -0.25) is 4.79 Å². The van der Waals surface area contributed by atoms with Gasteiger partial charge in [0.1, 0.15) is 17.0 Å². The van der Waals surface area contributed by atoms with Crippen molar-refractivity contribution in [3.63, 3.8) is 0 Å². The van der Waals surface area contributed by atoms with Gasteiger partial charge in [-0.1, -0.05) is 18.2 Å². The van der Waals surface area contributed by atoms with Crippen molar-refractivity contribution in [2.24, 2.45) is 0 Å². The second-order valence-electron chi connectivity index (χ2n) is 7.03. The molecule has 20 heavy (non-hydrogen) atoms. The highest BCUT2D eigenvalue weighted by Gasteiger charge is 2.31. The molecule has 1 heterocycles. The molecule has 1 aromatic rings. The highest BCUT2D eigenvalue weighted by molar-refractivity contribution is 5.70. The minimum absolute atomic E-state index is 0.148. The molecular weight excluding hydrogens is 252 g/mol. The van der Waals surface area contributed by atoms with E-state index in [0.29, 0.717) is 12.8 Å². The molecule has 1 aliphatic rings. The number of aryl methyl sites for hydroxylation is 1. The van der Waals surface area contributed by atoms with Crippen LogP contribution in [0.4, 0.5) is 0 Å². The van der Waals surface area contributed by atoms with Crippen LogP contribution in [0.5, 0.6) is 5.75 Å². The van der Waals surface area contributed by atoms with Crippen LogP contribution in [0.3, 0.4) is 0 Å². The average molecular weight is 276 g/mol. The van der Waals surface area contributed by atoms with E-state index in [-0.39, 0.29) is 11.6 Å². The Labute approximate surface area is 121 Å². The van der Waals surface area contributed by atoms with Crippen LogP contribution in [0.2, 0.25) is 0 Å². The van der Waals surface area contributed by atoms with Crippen LogP contribution < -0.4 is 4.74 Å². The van der Waals surface area contributed by atoms with Gasteiger partial charge in [0.05, 0.1) is 0 Å². The number of benzene rings is 1. The molecule has 1 aliphatic heterocycles. The zero-order chi connectivity index (χ0) is 15.0. The average Bonchev–Trinajstić information content (AvgIpc) is 2.58. The van der Waals surface area contributed by atoms with E-state index < -0.39 is 5.60 Å². The SMILES string of the molecule is CC(C)(C)OC(=O)CCc1cccc2c1OC(C)(C)C2. The van der Waals surface area contributed by atoms with Gasteiger partial charge in [0.15, 0.2) is 0 Å². The third-order valence-corrected chi connectivity index (χ3v) is 3.19. The first-order chi connectivity index (χ1) is 9.16. The number of hydrogen-bond donors (Lipinski definition) is 0. The Balaban J connectivity index is 2.02. The lowest BCUT2D eigenvalue weighted by Gasteiger charge is -2.20. The number of hydrogen-bond acceptors (Lipinski definition) is 3. The zero-order valence-corrected chi connectivity index (χ0v) is 13.1. The predicted octanol–water partition coefficient (Wildman–Crippen LogP) is 3.67. The molecule has 0 aliphatic carbocycles. The maximum atomic E-state index is 11.8. The summed E-state index contributed by atoms with van der Waals surface area (Å²) in [4.78, 5) is 11.8. The van der Waals surface area contributed by atoms with Gasteiger partial charge in [0.25, 0.3) is 0 Å². The molecule has 0 saturated heterocycles. The van der Waals surface area contributed by atoms with E-state index in [2.05, 4.69) is 19.9 Å². The molecule has 0 spiro atoms. The summed E-state index contributed by atoms with van der Waals surface area (Å²) in [5.41, 5.74) is 1.76. The fraction of sp³-hybridized carbons (Fsp3) is 0.588. The van der Waals surface area contributed by atoms with Crippen molar-refractivity contribution in [1.82, 2.24) is 0 Å². The quantitative estimate of drug-likeness (QED) is 0.790. The van der Waals surface area contributed by atoms with Crippen LogP contribution >= 0.6 is 0 Å².